The number of hydrogen-bond donors (Lipinski definition) is 2. The van der Waals surface area contributed by atoms with Crippen molar-refractivity contribution in [1.82, 2.24) is 5.32 Å². The van der Waals surface area contributed by atoms with Crippen LogP contribution in [0.5, 0.6) is 5.75 Å². The number of ether oxygens (including phenoxy) is 1. The second kappa shape index (κ2) is 8.03. The van der Waals surface area contributed by atoms with Crippen molar-refractivity contribution in [2.75, 3.05) is 0 Å². The molecule has 0 aromatic heterocycles. The summed E-state index contributed by atoms with van der Waals surface area (Å²) in [5, 5.41) is 3.01. The second-order valence-electron chi connectivity index (χ2n) is 5.54. The molecule has 0 saturated carbocycles. The summed E-state index contributed by atoms with van der Waals surface area (Å²) in [6.45, 7) is 10.4. The lowest BCUT2D eigenvalue weighted by atomic mass is 10.1. The third-order valence-corrected chi connectivity index (χ3v) is 3.75. The first-order valence-electron chi connectivity index (χ1n) is 7.70. The highest BCUT2D eigenvalue weighted by atomic mass is 16.5. The third-order valence-electron chi connectivity index (χ3n) is 3.75. The van der Waals surface area contributed by atoms with Crippen LogP contribution in [0.25, 0.3) is 0 Å². The third kappa shape index (κ3) is 4.74. The Kier molecular flexibility index (Phi) is 6.69. The summed E-state index contributed by atoms with van der Waals surface area (Å²) >= 11 is 0. The van der Waals surface area contributed by atoms with E-state index in [-0.39, 0.29) is 11.9 Å². The van der Waals surface area contributed by atoms with E-state index in [0.29, 0.717) is 6.54 Å². The van der Waals surface area contributed by atoms with Gasteiger partial charge in [0.1, 0.15) is 5.75 Å². The number of rotatable bonds is 7. The fourth-order valence-corrected chi connectivity index (χ4v) is 2.39. The summed E-state index contributed by atoms with van der Waals surface area (Å²) in [7, 11) is 0. The van der Waals surface area contributed by atoms with E-state index in [4.69, 9.17) is 10.5 Å². The van der Waals surface area contributed by atoms with Gasteiger partial charge in [0.25, 0.3) is 5.91 Å². The normalized spacial score (nSPS) is 12.3. The molecule has 0 aliphatic heterocycles. The van der Waals surface area contributed by atoms with Crippen molar-refractivity contribution >= 4 is 5.91 Å². The smallest absolute Gasteiger partial charge is 0.260 e. The first-order chi connectivity index (χ1) is 9.92. The SMILES string of the molecule is CCC(CC)NC(=O)C(C)Oc1c(C)cc(CN)cc1C. The molecule has 0 radical (unpaired) electrons. The molecule has 0 spiro atoms. The van der Waals surface area contributed by atoms with E-state index in [2.05, 4.69) is 19.2 Å². The topological polar surface area (TPSA) is 64.3 Å². The molecule has 1 amide bonds. The van der Waals surface area contributed by atoms with Crippen LogP contribution in [0.2, 0.25) is 0 Å². The predicted molar refractivity (Wildman–Crippen MR) is 86.4 cm³/mol. The number of nitrogens with two attached hydrogens (primary N) is 1. The average molecular weight is 292 g/mol. The van der Waals surface area contributed by atoms with Crippen LogP contribution in [0, 0.1) is 13.8 Å². The molecule has 0 aliphatic rings. The van der Waals surface area contributed by atoms with Crippen LogP contribution in [0.4, 0.5) is 0 Å². The molecule has 0 heterocycles. The van der Waals surface area contributed by atoms with E-state index < -0.39 is 6.10 Å². The van der Waals surface area contributed by atoms with Crippen molar-refractivity contribution in [3.8, 4) is 5.75 Å². The molecule has 0 aliphatic carbocycles. The van der Waals surface area contributed by atoms with Gasteiger partial charge in [-0.15, -0.1) is 0 Å². The highest BCUT2D eigenvalue weighted by molar-refractivity contribution is 5.81. The Morgan fingerprint density at radius 3 is 2.19 bits per heavy atom. The fourth-order valence-electron chi connectivity index (χ4n) is 2.39. The van der Waals surface area contributed by atoms with Gasteiger partial charge in [0.2, 0.25) is 0 Å². The van der Waals surface area contributed by atoms with Gasteiger partial charge in [0.05, 0.1) is 0 Å². The lowest BCUT2D eigenvalue weighted by molar-refractivity contribution is -0.128. The minimum atomic E-state index is -0.508. The first-order valence-corrected chi connectivity index (χ1v) is 7.70. The molecule has 1 unspecified atom stereocenters. The quantitative estimate of drug-likeness (QED) is 0.812. The summed E-state index contributed by atoms with van der Waals surface area (Å²) < 4.78 is 5.87. The maximum absolute atomic E-state index is 12.2. The molecule has 0 bridgehead atoms. The number of aryl methyl sites for hydroxylation is 2. The molecule has 1 aromatic rings. The number of hydrogen-bond acceptors (Lipinski definition) is 3. The number of nitrogens with one attached hydrogen (secondary N) is 1. The number of benzene rings is 1. The Morgan fingerprint density at radius 1 is 1.24 bits per heavy atom. The second-order valence-corrected chi connectivity index (χ2v) is 5.54. The van der Waals surface area contributed by atoms with Crippen molar-refractivity contribution in [1.29, 1.82) is 0 Å². The standard InChI is InChI=1S/C17H28N2O2/c1-6-15(7-2)19-17(20)13(5)21-16-11(3)8-14(10-18)9-12(16)4/h8-9,13,15H,6-7,10,18H2,1-5H3,(H,19,20). The number of carbonyl (C=O) groups excluding carboxylic acids is 1. The van der Waals surface area contributed by atoms with Gasteiger partial charge in [-0.2, -0.15) is 0 Å². The monoisotopic (exact) mass is 292 g/mol. The predicted octanol–water partition coefficient (Wildman–Crippen LogP) is 2.83. The van der Waals surface area contributed by atoms with Gasteiger partial charge in [-0.1, -0.05) is 26.0 Å². The lowest BCUT2D eigenvalue weighted by Gasteiger charge is -2.21. The molecule has 1 rings (SSSR count). The van der Waals surface area contributed by atoms with Gasteiger partial charge in [-0.05, 0) is 50.3 Å². The maximum atomic E-state index is 12.2. The Bertz CT molecular complexity index is 459. The molecule has 0 saturated heterocycles. The van der Waals surface area contributed by atoms with E-state index in [1.165, 1.54) is 0 Å². The van der Waals surface area contributed by atoms with E-state index in [9.17, 15) is 4.79 Å². The summed E-state index contributed by atoms with van der Waals surface area (Å²) in [6, 6.07) is 4.23. The van der Waals surface area contributed by atoms with Crippen LogP contribution in [-0.4, -0.2) is 18.1 Å². The minimum Gasteiger partial charge on any atom is -0.480 e. The van der Waals surface area contributed by atoms with Crippen molar-refractivity contribution in [3.05, 3.63) is 28.8 Å². The number of carbonyl (C=O) groups is 1. The highest BCUT2D eigenvalue weighted by Gasteiger charge is 2.19. The molecular formula is C17H28N2O2. The molecule has 118 valence electrons. The average Bonchev–Trinajstić information content (AvgIpc) is 2.47. The summed E-state index contributed by atoms with van der Waals surface area (Å²) in [6.07, 6.45) is 1.35. The van der Waals surface area contributed by atoms with Gasteiger partial charge in [-0.3, -0.25) is 4.79 Å². The van der Waals surface area contributed by atoms with Crippen LogP contribution in [0.3, 0.4) is 0 Å². The molecule has 1 aromatic carbocycles. The summed E-state index contributed by atoms with van der Waals surface area (Å²) in [5.41, 5.74) is 8.77. The van der Waals surface area contributed by atoms with Gasteiger partial charge < -0.3 is 15.8 Å². The zero-order chi connectivity index (χ0) is 16.0. The van der Waals surface area contributed by atoms with Gasteiger partial charge in [0, 0.05) is 12.6 Å². The fraction of sp³-hybridized carbons (Fsp3) is 0.588. The molecular weight excluding hydrogens is 264 g/mol. The van der Waals surface area contributed by atoms with Crippen molar-refractivity contribution in [2.24, 2.45) is 5.73 Å². The zero-order valence-electron chi connectivity index (χ0n) is 13.8. The van der Waals surface area contributed by atoms with E-state index in [1.54, 1.807) is 6.92 Å². The van der Waals surface area contributed by atoms with Crippen LogP contribution in [-0.2, 0) is 11.3 Å². The van der Waals surface area contributed by atoms with Crippen molar-refractivity contribution in [2.45, 2.75) is 66.2 Å². The summed E-state index contributed by atoms with van der Waals surface area (Å²) in [5.74, 6) is 0.713. The zero-order valence-corrected chi connectivity index (χ0v) is 13.8. The van der Waals surface area contributed by atoms with Crippen molar-refractivity contribution in [3.63, 3.8) is 0 Å². The molecule has 1 atom stereocenters. The van der Waals surface area contributed by atoms with Gasteiger partial charge >= 0.3 is 0 Å². The Hall–Kier alpha value is -1.55. The van der Waals surface area contributed by atoms with E-state index in [1.807, 2.05) is 26.0 Å². The van der Waals surface area contributed by atoms with Gasteiger partial charge in [0.15, 0.2) is 6.10 Å². The van der Waals surface area contributed by atoms with Crippen LogP contribution < -0.4 is 15.8 Å². The maximum Gasteiger partial charge on any atom is 0.260 e. The molecule has 4 nitrogen and oxygen atoms in total. The Morgan fingerprint density at radius 2 is 1.76 bits per heavy atom. The lowest BCUT2D eigenvalue weighted by Crippen LogP contribution is -2.42. The Balaban J connectivity index is 2.79. The van der Waals surface area contributed by atoms with E-state index in [0.717, 1.165) is 35.3 Å². The Labute approximate surface area is 128 Å². The van der Waals surface area contributed by atoms with Crippen LogP contribution in [0.15, 0.2) is 12.1 Å². The van der Waals surface area contributed by atoms with Crippen molar-refractivity contribution < 1.29 is 9.53 Å². The molecule has 0 fully saturated rings. The summed E-state index contributed by atoms with van der Waals surface area (Å²) in [4.78, 5) is 12.2. The highest BCUT2D eigenvalue weighted by Crippen LogP contribution is 2.25. The van der Waals surface area contributed by atoms with Crippen LogP contribution >= 0.6 is 0 Å². The minimum absolute atomic E-state index is 0.0644. The number of amides is 1. The molecule has 3 N–H and O–H groups in total. The first kappa shape index (κ1) is 17.5. The molecule has 4 heteroatoms. The van der Waals surface area contributed by atoms with E-state index >= 15 is 0 Å². The van der Waals surface area contributed by atoms with Crippen LogP contribution in [0.1, 0.15) is 50.3 Å². The molecule has 21 heavy (non-hydrogen) atoms. The largest absolute Gasteiger partial charge is 0.480 e. The van der Waals surface area contributed by atoms with Gasteiger partial charge in [-0.25, -0.2) is 0 Å².